The van der Waals surface area contributed by atoms with Crippen molar-refractivity contribution >= 4 is 59.9 Å². The molecule has 0 spiro atoms. The number of esters is 1. The average Bonchev–Trinajstić information content (AvgIpc) is 3.24. The van der Waals surface area contributed by atoms with Crippen LogP contribution in [0, 0.1) is 0 Å². The highest BCUT2D eigenvalue weighted by molar-refractivity contribution is 7.33. The summed E-state index contributed by atoms with van der Waals surface area (Å²) in [6.45, 7) is 0.0830. The Bertz CT molecular complexity index is 1040. The lowest BCUT2D eigenvalue weighted by molar-refractivity contribution is -0.143. The van der Waals surface area contributed by atoms with Crippen LogP contribution in [0.5, 0.6) is 0 Å². The first-order valence-electron chi connectivity index (χ1n) is 8.71. The van der Waals surface area contributed by atoms with Gasteiger partial charge < -0.3 is 15.4 Å². The molecule has 0 radical (unpaired) electrons. The van der Waals surface area contributed by atoms with Crippen molar-refractivity contribution in [1.82, 2.24) is 4.90 Å². The SMILES string of the molecule is NC(=O)[C@H]1CCCCN1C(=O)COC(=O)c1cc2sc3ccccc3c2s1. The first kappa shape index (κ1) is 17.9. The number of nitrogens with two attached hydrogens (primary N) is 1. The Morgan fingerprint density at radius 3 is 2.78 bits per heavy atom. The molecule has 1 aromatic carbocycles. The van der Waals surface area contributed by atoms with Crippen LogP contribution in [0.15, 0.2) is 30.3 Å². The number of nitrogens with zero attached hydrogens (tertiary/aromatic N) is 1. The van der Waals surface area contributed by atoms with Crippen molar-refractivity contribution in [1.29, 1.82) is 0 Å². The predicted molar refractivity (Wildman–Crippen MR) is 106 cm³/mol. The molecule has 2 aromatic heterocycles. The number of likely N-dealkylation sites (tertiary alicyclic amines) is 1. The smallest absolute Gasteiger partial charge is 0.348 e. The van der Waals surface area contributed by atoms with Gasteiger partial charge in [-0.3, -0.25) is 9.59 Å². The molecule has 4 rings (SSSR count). The fraction of sp³-hybridized carbons (Fsp3) is 0.316. The minimum absolute atomic E-state index is 0.379. The number of hydrogen-bond acceptors (Lipinski definition) is 6. The van der Waals surface area contributed by atoms with E-state index in [1.165, 1.54) is 20.9 Å². The van der Waals surface area contributed by atoms with Crippen LogP contribution >= 0.6 is 22.7 Å². The normalized spacial score (nSPS) is 17.3. The molecule has 1 aliphatic heterocycles. The van der Waals surface area contributed by atoms with Crippen LogP contribution in [0.3, 0.4) is 0 Å². The maximum absolute atomic E-state index is 12.4. The Morgan fingerprint density at radius 2 is 1.96 bits per heavy atom. The topological polar surface area (TPSA) is 89.7 Å². The van der Waals surface area contributed by atoms with Crippen molar-refractivity contribution in [3.63, 3.8) is 0 Å². The largest absolute Gasteiger partial charge is 0.451 e. The van der Waals surface area contributed by atoms with Gasteiger partial charge in [-0.2, -0.15) is 0 Å². The number of hydrogen-bond donors (Lipinski definition) is 1. The van der Waals surface area contributed by atoms with E-state index in [4.69, 9.17) is 10.5 Å². The first-order valence-corrected chi connectivity index (χ1v) is 10.3. The number of carbonyl (C=O) groups is 3. The molecule has 1 aliphatic rings. The molecule has 1 fully saturated rings. The molecule has 27 heavy (non-hydrogen) atoms. The van der Waals surface area contributed by atoms with E-state index < -0.39 is 17.9 Å². The lowest BCUT2D eigenvalue weighted by atomic mass is 10.0. The van der Waals surface area contributed by atoms with E-state index in [1.807, 2.05) is 24.3 Å². The van der Waals surface area contributed by atoms with Crippen LogP contribution in [0.4, 0.5) is 0 Å². The molecule has 2 amide bonds. The Morgan fingerprint density at radius 1 is 1.15 bits per heavy atom. The Hall–Kier alpha value is -2.45. The summed E-state index contributed by atoms with van der Waals surface area (Å²) in [6, 6.07) is 9.25. The van der Waals surface area contributed by atoms with Crippen molar-refractivity contribution in [2.45, 2.75) is 25.3 Å². The van der Waals surface area contributed by atoms with Gasteiger partial charge >= 0.3 is 5.97 Å². The van der Waals surface area contributed by atoms with Crippen LogP contribution < -0.4 is 5.73 Å². The van der Waals surface area contributed by atoms with E-state index in [0.29, 0.717) is 17.8 Å². The first-order chi connectivity index (χ1) is 13.0. The van der Waals surface area contributed by atoms with Gasteiger partial charge in [0.1, 0.15) is 10.9 Å². The summed E-state index contributed by atoms with van der Waals surface area (Å²) in [5.41, 5.74) is 5.38. The third-order valence-electron chi connectivity index (χ3n) is 4.73. The summed E-state index contributed by atoms with van der Waals surface area (Å²) >= 11 is 3.00. The quantitative estimate of drug-likeness (QED) is 0.679. The van der Waals surface area contributed by atoms with Crippen LogP contribution in [0.2, 0.25) is 0 Å². The summed E-state index contributed by atoms with van der Waals surface area (Å²) in [5, 5.41) is 1.12. The van der Waals surface area contributed by atoms with Crippen LogP contribution in [-0.2, 0) is 14.3 Å². The lowest BCUT2D eigenvalue weighted by Gasteiger charge is -2.33. The van der Waals surface area contributed by atoms with E-state index in [9.17, 15) is 14.4 Å². The van der Waals surface area contributed by atoms with Gasteiger partial charge in [0, 0.05) is 21.3 Å². The molecule has 140 valence electrons. The second kappa shape index (κ2) is 7.28. The number of ether oxygens (including phenoxy) is 1. The van der Waals surface area contributed by atoms with E-state index in [0.717, 1.165) is 27.6 Å². The van der Waals surface area contributed by atoms with Crippen molar-refractivity contribution in [3.8, 4) is 0 Å². The van der Waals surface area contributed by atoms with Crippen LogP contribution in [0.25, 0.3) is 19.5 Å². The highest BCUT2D eigenvalue weighted by Crippen LogP contribution is 2.39. The second-order valence-electron chi connectivity index (χ2n) is 6.48. The zero-order valence-electron chi connectivity index (χ0n) is 14.5. The molecule has 0 bridgehead atoms. The zero-order chi connectivity index (χ0) is 19.0. The van der Waals surface area contributed by atoms with E-state index in [2.05, 4.69) is 6.07 Å². The third-order valence-corrected chi connectivity index (χ3v) is 7.12. The Kier molecular flexibility index (Phi) is 4.84. The van der Waals surface area contributed by atoms with Crippen molar-refractivity contribution in [2.75, 3.05) is 13.2 Å². The van der Waals surface area contributed by atoms with Gasteiger partial charge in [-0.1, -0.05) is 18.2 Å². The third kappa shape index (κ3) is 3.42. The highest BCUT2D eigenvalue weighted by atomic mass is 32.1. The average molecular weight is 402 g/mol. The molecule has 3 aromatic rings. The monoisotopic (exact) mass is 402 g/mol. The second-order valence-corrected chi connectivity index (χ2v) is 8.62. The van der Waals surface area contributed by atoms with Gasteiger partial charge in [0.15, 0.2) is 6.61 Å². The molecular weight excluding hydrogens is 384 g/mol. The number of piperidine rings is 1. The molecule has 0 unspecified atom stereocenters. The van der Waals surface area contributed by atoms with Gasteiger partial charge in [0.05, 0.1) is 4.70 Å². The minimum atomic E-state index is -0.608. The van der Waals surface area contributed by atoms with Gasteiger partial charge in [-0.05, 0) is 31.4 Å². The maximum atomic E-state index is 12.4. The fourth-order valence-electron chi connectivity index (χ4n) is 3.41. The minimum Gasteiger partial charge on any atom is -0.451 e. The molecule has 0 saturated carbocycles. The van der Waals surface area contributed by atoms with Gasteiger partial charge in [0.25, 0.3) is 5.91 Å². The van der Waals surface area contributed by atoms with Gasteiger partial charge in [-0.15, -0.1) is 22.7 Å². The molecule has 1 saturated heterocycles. The number of primary amides is 1. The summed E-state index contributed by atoms with van der Waals surface area (Å²) in [6.07, 6.45) is 2.23. The number of thiophene rings is 2. The van der Waals surface area contributed by atoms with E-state index >= 15 is 0 Å². The van der Waals surface area contributed by atoms with Crippen molar-refractivity contribution < 1.29 is 19.1 Å². The Balaban J connectivity index is 1.45. The van der Waals surface area contributed by atoms with Gasteiger partial charge in [0.2, 0.25) is 5.91 Å². The summed E-state index contributed by atoms with van der Waals surface area (Å²) in [7, 11) is 0. The van der Waals surface area contributed by atoms with Gasteiger partial charge in [-0.25, -0.2) is 4.79 Å². The van der Waals surface area contributed by atoms with E-state index in [-0.39, 0.29) is 12.5 Å². The summed E-state index contributed by atoms with van der Waals surface area (Å²) < 4.78 is 8.48. The number of carbonyl (C=O) groups excluding carboxylic acids is 3. The molecular formula is C19H18N2O4S2. The molecule has 6 nitrogen and oxygen atoms in total. The van der Waals surface area contributed by atoms with Crippen LogP contribution in [0.1, 0.15) is 28.9 Å². The summed E-state index contributed by atoms with van der Waals surface area (Å²) in [4.78, 5) is 38.2. The number of benzene rings is 1. The lowest BCUT2D eigenvalue weighted by Crippen LogP contribution is -2.51. The molecule has 1 atom stereocenters. The molecule has 3 heterocycles. The molecule has 0 aliphatic carbocycles. The molecule has 2 N–H and O–H groups in total. The van der Waals surface area contributed by atoms with E-state index in [1.54, 1.807) is 11.3 Å². The standard InChI is InChI=1S/C19H18N2O4S2/c20-18(23)12-6-3-4-8-21(12)16(22)10-25-19(24)15-9-14-17(27-15)11-5-1-2-7-13(11)26-14/h1-2,5,7,9,12H,3-4,6,8,10H2,(H2,20,23)/t12-/m1/s1. The zero-order valence-corrected chi connectivity index (χ0v) is 16.1. The highest BCUT2D eigenvalue weighted by Gasteiger charge is 2.31. The number of fused-ring (bicyclic) bond motifs is 3. The molecule has 8 heteroatoms. The predicted octanol–water partition coefficient (Wildman–Crippen LogP) is 3.14. The fourth-order valence-corrected chi connectivity index (χ4v) is 5.83. The Labute approximate surface area is 163 Å². The van der Waals surface area contributed by atoms with Crippen molar-refractivity contribution in [2.24, 2.45) is 5.73 Å². The number of rotatable bonds is 4. The van der Waals surface area contributed by atoms with Crippen molar-refractivity contribution in [3.05, 3.63) is 35.2 Å². The summed E-state index contributed by atoms with van der Waals surface area (Å²) in [5.74, 6) is -1.41. The number of amides is 2. The van der Waals surface area contributed by atoms with Crippen LogP contribution in [-0.4, -0.2) is 41.9 Å². The maximum Gasteiger partial charge on any atom is 0.348 e.